The molecule has 0 aromatic rings. The molecule has 0 aliphatic rings. The average Bonchev–Trinajstić information content (AvgIpc) is 1.12. The quantitative estimate of drug-likeness (QED) is 0.289. The molecule has 0 unspecified atom stereocenters. The maximum absolute atomic E-state index is 8.66. The Bertz CT molecular complexity index is 199. The Morgan fingerprint density at radius 2 is 0.929 bits per heavy atom. The Kier molecular flexibility index (Phi) is 44.8. The van der Waals surface area contributed by atoms with Crippen LogP contribution < -0.4 is 136 Å². The standard InChI is InChI=1S/4Na.H3O4P.4O.W/c;;;;1-5(2,3)4;;;;;/h;;;;(H3,1,2,3,4);;;;;/q4*+1;;;;2*-1;/p-2. The molecule has 0 amide bonds. The van der Waals surface area contributed by atoms with E-state index in [9.17, 15) is 0 Å². The third-order valence-corrected chi connectivity index (χ3v) is 0. The van der Waals surface area contributed by atoms with Crippen molar-refractivity contribution < 1.29 is 169 Å². The van der Waals surface area contributed by atoms with Crippen LogP contribution in [0.25, 0.3) is 0 Å². The van der Waals surface area contributed by atoms with E-state index in [0.717, 1.165) is 0 Å². The number of phosphoric acid groups is 1. The molecule has 0 spiro atoms. The molecule has 64 valence electrons. The van der Waals surface area contributed by atoms with Crippen LogP contribution in [-0.2, 0) is 28.1 Å². The fourth-order valence-electron chi connectivity index (χ4n) is 0. The molecule has 0 aromatic heterocycles. The first kappa shape index (κ1) is 36.2. The molecule has 8 nitrogen and oxygen atoms in total. The summed E-state index contributed by atoms with van der Waals surface area (Å²) in [7, 11) is -5.14. The Labute approximate surface area is 172 Å². The third-order valence-electron chi connectivity index (χ3n) is 0. The van der Waals surface area contributed by atoms with Crippen LogP contribution in [0, 0.1) is 0 Å². The molecule has 0 heterocycles. The van der Waals surface area contributed by atoms with Gasteiger partial charge in [0.1, 0.15) is 0 Å². The molecule has 0 rings (SSSR count). The summed E-state index contributed by atoms with van der Waals surface area (Å²) in [5, 5.41) is 0. The molecule has 0 atom stereocenters. The van der Waals surface area contributed by atoms with Gasteiger partial charge in [0.2, 0.25) is 0 Å². The summed E-state index contributed by atoms with van der Waals surface area (Å²) in [6.45, 7) is 0. The number of hydrogen-bond acceptors (Lipinski definition) is 7. The van der Waals surface area contributed by atoms with Crippen LogP contribution in [0.4, 0.5) is 0 Å². The minimum atomic E-state index is -6.17. The van der Waals surface area contributed by atoms with Crippen LogP contribution in [0.5, 0.6) is 0 Å². The molecule has 14 heavy (non-hydrogen) atoms. The number of hydrogen-bond donors (Lipinski definition) is 1. The van der Waals surface area contributed by atoms with E-state index < -0.39 is 24.6 Å². The molecule has 14 heteroatoms. The minimum absolute atomic E-state index is 0. The van der Waals surface area contributed by atoms with Crippen LogP contribution in [0.3, 0.4) is 0 Å². The molecule has 0 fully saturated rings. The van der Waals surface area contributed by atoms with Gasteiger partial charge in [-0.2, -0.15) is 0 Å². The first-order valence-corrected chi connectivity index (χ1v) is 7.70. The Hall–Kier alpha value is 4.32. The SMILES string of the molecule is O=P([O-])([O-])O.[Na+].[Na+].[Na+].[Na+].[O]=[W](=[O])([O-])[O-]. The first-order chi connectivity index (χ1) is 4.00. The second kappa shape index (κ2) is 17.3. The molecule has 1 N–H and O–H groups in total. The van der Waals surface area contributed by atoms with E-state index in [4.69, 9.17) is 33.6 Å². The fourth-order valence-corrected chi connectivity index (χ4v) is 0. The van der Waals surface area contributed by atoms with Crippen molar-refractivity contribution in [3.8, 4) is 0 Å². The topological polar surface area (TPSA) is 164 Å². The van der Waals surface area contributed by atoms with Gasteiger partial charge in [-0.1, -0.05) is 0 Å². The molecule has 0 saturated carbocycles. The summed E-state index contributed by atoms with van der Waals surface area (Å²) < 4.78 is 43.2. The fraction of sp³-hybridized carbons (Fsp3) is 0. The first-order valence-electron chi connectivity index (χ1n) is 1.41. The van der Waals surface area contributed by atoms with Gasteiger partial charge in [-0.3, -0.25) is 0 Å². The third kappa shape index (κ3) is 205. The molecule has 0 bridgehead atoms. The van der Waals surface area contributed by atoms with Gasteiger partial charge in [-0.15, -0.1) is 0 Å². The van der Waals surface area contributed by atoms with Crippen LogP contribution >= 0.6 is 7.82 Å². The Morgan fingerprint density at radius 1 is 0.929 bits per heavy atom. The normalized spacial score (nSPS) is 8.36. The molecule has 0 aromatic carbocycles. The van der Waals surface area contributed by atoms with Crippen molar-refractivity contribution in [2.45, 2.75) is 0 Å². The predicted molar refractivity (Wildman–Crippen MR) is 11.2 cm³/mol. The van der Waals surface area contributed by atoms with Crippen molar-refractivity contribution in [3.63, 3.8) is 0 Å². The predicted octanol–water partition coefficient (Wildman–Crippen LogP) is -16.8. The summed E-state index contributed by atoms with van der Waals surface area (Å²) in [5.74, 6) is 0. The van der Waals surface area contributed by atoms with E-state index >= 15 is 0 Å². The van der Waals surface area contributed by atoms with Crippen molar-refractivity contribution >= 4 is 7.82 Å². The molecular formula is HNa4O8PW. The summed E-state index contributed by atoms with van der Waals surface area (Å²) in [4.78, 5) is 24.3. The van der Waals surface area contributed by atoms with Crippen molar-refractivity contribution in [1.82, 2.24) is 0 Å². The van der Waals surface area contributed by atoms with Gasteiger partial charge < -0.3 is 19.2 Å². The molecule has 0 aliphatic carbocycles. The molecule has 0 saturated heterocycles. The van der Waals surface area contributed by atoms with Gasteiger partial charge in [0.15, 0.2) is 0 Å². The monoisotopic (exact) mass is 436 g/mol. The zero-order chi connectivity index (χ0) is 9.00. The summed E-state index contributed by atoms with van der Waals surface area (Å²) >= 11 is -6.17. The Balaban J connectivity index is -0.0000000178. The van der Waals surface area contributed by atoms with E-state index in [2.05, 4.69) is 0 Å². The van der Waals surface area contributed by atoms with Crippen molar-refractivity contribution in [2.75, 3.05) is 0 Å². The average molecular weight is 436 g/mol. The summed E-state index contributed by atoms with van der Waals surface area (Å²) in [6, 6.07) is 0. The van der Waals surface area contributed by atoms with Crippen molar-refractivity contribution in [2.24, 2.45) is 0 Å². The van der Waals surface area contributed by atoms with Crippen LogP contribution in [0.15, 0.2) is 0 Å². The van der Waals surface area contributed by atoms with Crippen LogP contribution in [0.2, 0.25) is 0 Å². The van der Waals surface area contributed by atoms with Crippen molar-refractivity contribution in [3.05, 3.63) is 0 Å². The summed E-state index contributed by atoms with van der Waals surface area (Å²) in [5.41, 5.74) is 0. The van der Waals surface area contributed by atoms with Crippen molar-refractivity contribution in [1.29, 1.82) is 0 Å². The van der Waals surface area contributed by atoms with Gasteiger partial charge >= 0.3 is 149 Å². The van der Waals surface area contributed by atoms with Crippen LogP contribution in [-0.4, -0.2) is 4.89 Å². The van der Waals surface area contributed by atoms with Gasteiger partial charge in [0, 0.05) is 0 Å². The summed E-state index contributed by atoms with van der Waals surface area (Å²) in [6.07, 6.45) is 0. The zero-order valence-electron chi connectivity index (χ0n) is 8.16. The van der Waals surface area contributed by atoms with Gasteiger partial charge in [0.25, 0.3) is 0 Å². The maximum atomic E-state index is 8.66. The van der Waals surface area contributed by atoms with E-state index in [1.807, 2.05) is 0 Å². The van der Waals surface area contributed by atoms with Gasteiger partial charge in [-0.25, -0.2) is 0 Å². The number of rotatable bonds is 0. The molecular weight excluding hydrogens is 435 g/mol. The zero-order valence-corrected chi connectivity index (χ0v) is 20.0. The molecule has 0 aliphatic heterocycles. The van der Waals surface area contributed by atoms with E-state index in [-0.39, 0.29) is 118 Å². The Morgan fingerprint density at radius 3 is 0.929 bits per heavy atom. The van der Waals surface area contributed by atoms with Gasteiger partial charge in [-0.05, 0) is 0 Å². The second-order valence-corrected chi connectivity index (χ2v) is 4.75. The van der Waals surface area contributed by atoms with Crippen LogP contribution in [0.1, 0.15) is 0 Å². The van der Waals surface area contributed by atoms with E-state index in [0.29, 0.717) is 0 Å². The molecule has 0 radical (unpaired) electrons. The van der Waals surface area contributed by atoms with E-state index in [1.165, 1.54) is 0 Å². The van der Waals surface area contributed by atoms with E-state index in [1.54, 1.807) is 0 Å². The second-order valence-electron chi connectivity index (χ2n) is 0.877. The van der Waals surface area contributed by atoms with Gasteiger partial charge in [0.05, 0.1) is 7.82 Å².